The van der Waals surface area contributed by atoms with Gasteiger partial charge in [-0.1, -0.05) is 30.9 Å². The summed E-state index contributed by atoms with van der Waals surface area (Å²) in [7, 11) is 1.77. The average molecular weight is 524 g/mol. The first-order valence-electron chi connectivity index (χ1n) is 13.0. The maximum atomic E-state index is 14.0. The number of carbonyl (C=O) groups is 2. The predicted molar refractivity (Wildman–Crippen MR) is 139 cm³/mol. The Hall–Kier alpha value is -3.48. The molecule has 2 aromatic rings. The van der Waals surface area contributed by atoms with Gasteiger partial charge in [0.1, 0.15) is 17.5 Å². The molecule has 1 N–H and O–H groups in total. The van der Waals surface area contributed by atoms with Gasteiger partial charge in [-0.15, -0.1) is 0 Å². The molecule has 8 nitrogen and oxygen atoms in total. The molecule has 0 radical (unpaired) electrons. The monoisotopic (exact) mass is 523 g/mol. The third-order valence-electron chi connectivity index (χ3n) is 7.14. The fraction of sp³-hybridized carbons (Fsp3) is 0.483. The Morgan fingerprint density at radius 3 is 2.74 bits per heavy atom. The lowest BCUT2D eigenvalue weighted by molar-refractivity contribution is -0.138. The Kier molecular flexibility index (Phi) is 8.97. The molecule has 0 unspecified atom stereocenters. The highest BCUT2D eigenvalue weighted by Crippen LogP contribution is 2.28. The van der Waals surface area contributed by atoms with Crippen LogP contribution in [0.1, 0.15) is 48.2 Å². The van der Waals surface area contributed by atoms with Crippen LogP contribution in [0.3, 0.4) is 0 Å². The van der Waals surface area contributed by atoms with E-state index in [1.165, 1.54) is 12.3 Å². The van der Waals surface area contributed by atoms with Crippen molar-refractivity contribution in [1.29, 1.82) is 0 Å². The van der Waals surface area contributed by atoms with E-state index in [-0.39, 0.29) is 47.3 Å². The minimum atomic E-state index is -0.439. The van der Waals surface area contributed by atoms with Crippen molar-refractivity contribution >= 4 is 11.8 Å². The molecule has 2 aliphatic rings. The normalized spacial score (nSPS) is 20.8. The van der Waals surface area contributed by atoms with E-state index in [0.717, 1.165) is 0 Å². The number of halogens is 1. The topological polar surface area (TPSA) is 92.2 Å². The van der Waals surface area contributed by atoms with Crippen molar-refractivity contribution in [2.75, 3.05) is 40.0 Å². The minimum absolute atomic E-state index is 0.0507. The van der Waals surface area contributed by atoms with E-state index in [1.807, 2.05) is 6.92 Å². The van der Waals surface area contributed by atoms with Gasteiger partial charge in [-0.25, -0.2) is 9.37 Å². The number of hydrogen-bond acceptors (Lipinski definition) is 6. The lowest BCUT2D eigenvalue weighted by Crippen LogP contribution is -2.51. The SMILES string of the molecule is C[C@H](CO)N1C[C@H](C)[C@H](CN(C)C(=O)C2CCOCC2)Oc2ncc(C#Cc3ccccc3F)cc2C1=O. The zero-order chi connectivity index (χ0) is 27.2. The first kappa shape index (κ1) is 27.6. The van der Waals surface area contributed by atoms with Crippen LogP contribution >= 0.6 is 0 Å². The molecule has 9 heteroatoms. The number of amides is 2. The number of aromatic nitrogens is 1. The lowest BCUT2D eigenvalue weighted by atomic mass is 9.97. The standard InChI is InChI=1S/C29H34FN3O5/c1-19-16-33(20(2)18-34)29(36)24-14-21(8-9-22-6-4-5-7-25(22)30)15-31-27(24)38-26(19)17-32(3)28(35)23-10-12-37-13-11-23/h4-7,14-15,19-20,23,26,34H,10-13,16-18H2,1-3H3/t19-,20+,26-/m0/s1. The number of nitrogens with zero attached hydrogens (tertiary/aromatic N) is 3. The molecule has 0 aliphatic carbocycles. The van der Waals surface area contributed by atoms with Crippen LogP contribution in [0.25, 0.3) is 0 Å². The number of benzene rings is 1. The summed E-state index contributed by atoms with van der Waals surface area (Å²) in [6.45, 7) is 5.34. The summed E-state index contributed by atoms with van der Waals surface area (Å²) in [5, 5.41) is 9.86. The smallest absolute Gasteiger partial charge is 0.259 e. The molecule has 202 valence electrons. The van der Waals surface area contributed by atoms with Crippen molar-refractivity contribution in [3.8, 4) is 17.7 Å². The number of carbonyl (C=O) groups excluding carboxylic acids is 2. The summed E-state index contributed by atoms with van der Waals surface area (Å²) in [6.07, 6.45) is 2.44. The van der Waals surface area contributed by atoms with Crippen molar-refractivity contribution in [1.82, 2.24) is 14.8 Å². The summed E-state index contributed by atoms with van der Waals surface area (Å²) in [5.41, 5.74) is 0.877. The summed E-state index contributed by atoms with van der Waals surface area (Å²) < 4.78 is 25.7. The first-order valence-corrected chi connectivity index (χ1v) is 13.0. The molecular weight excluding hydrogens is 489 g/mol. The second-order valence-electron chi connectivity index (χ2n) is 10.0. The largest absolute Gasteiger partial charge is 0.472 e. The van der Waals surface area contributed by atoms with Gasteiger partial charge in [0.05, 0.1) is 24.8 Å². The van der Waals surface area contributed by atoms with Crippen LogP contribution in [-0.4, -0.2) is 83.8 Å². The fourth-order valence-electron chi connectivity index (χ4n) is 4.71. The molecule has 1 fully saturated rings. The van der Waals surface area contributed by atoms with Crippen LogP contribution in [0.4, 0.5) is 4.39 Å². The number of aliphatic hydroxyl groups excluding tert-OH is 1. The van der Waals surface area contributed by atoms with Gasteiger partial charge in [-0.2, -0.15) is 0 Å². The van der Waals surface area contributed by atoms with Crippen molar-refractivity contribution in [3.63, 3.8) is 0 Å². The van der Waals surface area contributed by atoms with E-state index in [4.69, 9.17) is 9.47 Å². The van der Waals surface area contributed by atoms with Crippen LogP contribution in [0, 0.1) is 29.5 Å². The predicted octanol–water partition coefficient (Wildman–Crippen LogP) is 2.73. The Bertz CT molecular complexity index is 1220. The Morgan fingerprint density at radius 1 is 1.29 bits per heavy atom. The number of hydrogen-bond donors (Lipinski definition) is 1. The summed E-state index contributed by atoms with van der Waals surface area (Å²) in [5.74, 6) is 4.87. The number of aliphatic hydroxyl groups is 1. The van der Waals surface area contributed by atoms with Crippen LogP contribution in [0.5, 0.6) is 5.88 Å². The van der Waals surface area contributed by atoms with Crippen LogP contribution < -0.4 is 4.74 Å². The van der Waals surface area contributed by atoms with Crippen LogP contribution in [-0.2, 0) is 9.53 Å². The molecule has 2 amide bonds. The Morgan fingerprint density at radius 2 is 2.03 bits per heavy atom. The zero-order valence-corrected chi connectivity index (χ0v) is 22.0. The quantitative estimate of drug-likeness (QED) is 0.606. The number of rotatable bonds is 5. The third kappa shape index (κ3) is 6.32. The van der Waals surface area contributed by atoms with Crippen molar-refractivity contribution in [2.45, 2.75) is 38.8 Å². The summed E-state index contributed by atoms with van der Waals surface area (Å²) in [4.78, 5) is 34.3. The molecule has 1 aromatic carbocycles. The minimum Gasteiger partial charge on any atom is -0.472 e. The first-order chi connectivity index (χ1) is 18.3. The van der Waals surface area contributed by atoms with E-state index in [2.05, 4.69) is 16.8 Å². The lowest BCUT2D eigenvalue weighted by Gasteiger charge is -2.38. The van der Waals surface area contributed by atoms with E-state index in [0.29, 0.717) is 44.7 Å². The van der Waals surface area contributed by atoms with Gasteiger partial charge in [0.2, 0.25) is 11.8 Å². The highest BCUT2D eigenvalue weighted by atomic mass is 19.1. The summed E-state index contributed by atoms with van der Waals surface area (Å²) >= 11 is 0. The maximum Gasteiger partial charge on any atom is 0.259 e. The highest BCUT2D eigenvalue weighted by Gasteiger charge is 2.35. The van der Waals surface area contributed by atoms with Gasteiger partial charge in [0, 0.05) is 50.4 Å². The molecule has 0 bridgehead atoms. The van der Waals surface area contributed by atoms with Gasteiger partial charge < -0.3 is 24.4 Å². The van der Waals surface area contributed by atoms with Crippen LogP contribution in [0.2, 0.25) is 0 Å². The molecule has 3 atom stereocenters. The Labute approximate surface area is 222 Å². The maximum absolute atomic E-state index is 14.0. The zero-order valence-electron chi connectivity index (χ0n) is 22.0. The molecule has 2 aliphatic heterocycles. The second kappa shape index (κ2) is 12.4. The number of ether oxygens (including phenoxy) is 2. The van der Waals surface area contributed by atoms with Crippen molar-refractivity contribution < 1.29 is 28.6 Å². The van der Waals surface area contributed by atoms with Gasteiger partial charge in [0.25, 0.3) is 5.91 Å². The summed E-state index contributed by atoms with van der Waals surface area (Å²) in [6, 6.07) is 7.34. The third-order valence-corrected chi connectivity index (χ3v) is 7.14. The molecule has 3 heterocycles. The van der Waals surface area contributed by atoms with Crippen LogP contribution in [0.15, 0.2) is 36.5 Å². The van der Waals surface area contributed by atoms with Gasteiger partial charge in [-0.3, -0.25) is 9.59 Å². The molecule has 1 aromatic heterocycles. The Balaban J connectivity index is 1.63. The van der Waals surface area contributed by atoms with Crippen molar-refractivity contribution in [3.05, 3.63) is 59.0 Å². The van der Waals surface area contributed by atoms with Gasteiger partial charge >= 0.3 is 0 Å². The number of fused-ring (bicyclic) bond motifs is 1. The van der Waals surface area contributed by atoms with E-state index >= 15 is 0 Å². The van der Waals surface area contributed by atoms with Crippen molar-refractivity contribution in [2.24, 2.45) is 11.8 Å². The average Bonchev–Trinajstić information content (AvgIpc) is 2.94. The molecule has 4 rings (SSSR count). The van der Waals surface area contributed by atoms with Gasteiger partial charge in [0.15, 0.2) is 0 Å². The van der Waals surface area contributed by atoms with E-state index < -0.39 is 18.0 Å². The molecule has 38 heavy (non-hydrogen) atoms. The van der Waals surface area contributed by atoms with E-state index in [1.54, 1.807) is 48.0 Å². The van der Waals surface area contributed by atoms with E-state index in [9.17, 15) is 19.1 Å². The highest BCUT2D eigenvalue weighted by molar-refractivity contribution is 5.97. The fourth-order valence-corrected chi connectivity index (χ4v) is 4.71. The molecular formula is C29H34FN3O5. The molecule has 1 saturated heterocycles. The molecule has 0 saturated carbocycles. The van der Waals surface area contributed by atoms with Gasteiger partial charge in [-0.05, 0) is 38.0 Å². The number of pyridine rings is 1. The molecule has 0 spiro atoms. The number of likely N-dealkylation sites (N-methyl/N-ethyl adjacent to an activating group) is 1. The second-order valence-corrected chi connectivity index (χ2v) is 10.0.